The van der Waals surface area contributed by atoms with E-state index < -0.39 is 0 Å². The smallest absolute Gasteiger partial charge is 0.286 e. The summed E-state index contributed by atoms with van der Waals surface area (Å²) in [7, 11) is 0. The van der Waals surface area contributed by atoms with E-state index in [9.17, 15) is 9.18 Å². The van der Waals surface area contributed by atoms with Gasteiger partial charge in [0, 0.05) is 16.0 Å². The molecule has 10 heteroatoms. The Morgan fingerprint density at radius 3 is 2.62 bits per heavy atom. The summed E-state index contributed by atoms with van der Waals surface area (Å²) in [5, 5.41) is 13.8. The number of carbonyl (C=O) groups is 1. The quantitative estimate of drug-likeness (QED) is 0.338. The van der Waals surface area contributed by atoms with Crippen molar-refractivity contribution in [1.82, 2.24) is 20.2 Å². The van der Waals surface area contributed by atoms with Crippen LogP contribution < -0.4 is 5.32 Å². The van der Waals surface area contributed by atoms with Gasteiger partial charge in [-0.3, -0.25) is 4.79 Å². The second kappa shape index (κ2) is 8.13. The number of nitrogens with zero attached hydrogens (tertiary/aromatic N) is 4. The SMILES string of the molecule is Cc1nc(SCc2nnc(C(=O)Nc3ccc(F)cc3)s2)c2c(C)c(C)sc2n1. The lowest BCUT2D eigenvalue weighted by Crippen LogP contribution is -2.11. The Morgan fingerprint density at radius 1 is 1.10 bits per heavy atom. The molecule has 148 valence electrons. The molecule has 4 rings (SSSR count). The molecular weight excluding hydrogens is 429 g/mol. The highest BCUT2D eigenvalue weighted by molar-refractivity contribution is 7.98. The normalized spacial score (nSPS) is 11.2. The Bertz CT molecular complexity index is 1200. The van der Waals surface area contributed by atoms with E-state index in [-0.39, 0.29) is 16.7 Å². The number of rotatable bonds is 5. The first-order valence-corrected chi connectivity index (χ1v) is 11.3. The minimum atomic E-state index is -0.366. The van der Waals surface area contributed by atoms with Gasteiger partial charge in [0.2, 0.25) is 5.01 Å². The standard InChI is InChI=1S/C19H16FN5OS3/c1-9-10(2)28-18-15(9)17(21-11(3)22-18)27-8-14-24-25-19(29-14)16(26)23-13-6-4-12(20)5-7-13/h4-7H,8H2,1-3H3,(H,23,26). The van der Waals surface area contributed by atoms with Gasteiger partial charge in [0.15, 0.2) is 0 Å². The third-order valence-electron chi connectivity index (χ3n) is 4.20. The highest BCUT2D eigenvalue weighted by Crippen LogP contribution is 2.36. The van der Waals surface area contributed by atoms with Crippen LogP contribution in [0, 0.1) is 26.6 Å². The fraction of sp³-hybridized carbons (Fsp3) is 0.211. The summed E-state index contributed by atoms with van der Waals surface area (Å²) in [5.41, 5.74) is 1.70. The number of halogens is 1. The minimum Gasteiger partial charge on any atom is -0.320 e. The number of aromatic nitrogens is 4. The van der Waals surface area contributed by atoms with Crippen molar-refractivity contribution in [2.45, 2.75) is 31.6 Å². The third-order valence-corrected chi connectivity index (χ3v) is 7.40. The molecule has 0 bridgehead atoms. The van der Waals surface area contributed by atoms with Crippen LogP contribution in [-0.4, -0.2) is 26.1 Å². The van der Waals surface area contributed by atoms with Crippen LogP contribution >= 0.6 is 34.4 Å². The number of amides is 1. The largest absolute Gasteiger partial charge is 0.320 e. The van der Waals surface area contributed by atoms with Gasteiger partial charge in [-0.2, -0.15) is 0 Å². The summed E-state index contributed by atoms with van der Waals surface area (Å²) in [6.45, 7) is 6.05. The molecule has 0 atom stereocenters. The molecule has 29 heavy (non-hydrogen) atoms. The van der Waals surface area contributed by atoms with Crippen LogP contribution in [0.3, 0.4) is 0 Å². The fourth-order valence-corrected chi connectivity index (χ4v) is 5.66. The lowest BCUT2D eigenvalue weighted by molar-refractivity contribution is 0.102. The topological polar surface area (TPSA) is 80.7 Å². The van der Waals surface area contributed by atoms with Crippen molar-refractivity contribution < 1.29 is 9.18 Å². The van der Waals surface area contributed by atoms with Crippen LogP contribution in [0.15, 0.2) is 29.3 Å². The van der Waals surface area contributed by atoms with E-state index in [0.29, 0.717) is 11.4 Å². The van der Waals surface area contributed by atoms with Gasteiger partial charge < -0.3 is 5.32 Å². The van der Waals surface area contributed by atoms with E-state index in [1.807, 2.05) is 6.92 Å². The molecule has 0 saturated heterocycles. The summed E-state index contributed by atoms with van der Waals surface area (Å²) < 4.78 is 13.0. The monoisotopic (exact) mass is 445 g/mol. The molecule has 3 aromatic heterocycles. The van der Waals surface area contributed by atoms with E-state index in [4.69, 9.17) is 0 Å². The summed E-state index contributed by atoms with van der Waals surface area (Å²) in [6.07, 6.45) is 0. The number of benzene rings is 1. The summed E-state index contributed by atoms with van der Waals surface area (Å²) >= 11 is 4.47. The van der Waals surface area contributed by atoms with Crippen LogP contribution in [0.1, 0.15) is 31.1 Å². The summed E-state index contributed by atoms with van der Waals surface area (Å²) in [5.74, 6) is 0.567. The van der Waals surface area contributed by atoms with Gasteiger partial charge in [0.05, 0.1) is 5.75 Å². The molecule has 0 aliphatic heterocycles. The number of fused-ring (bicyclic) bond motifs is 1. The highest BCUT2D eigenvalue weighted by atomic mass is 32.2. The van der Waals surface area contributed by atoms with Crippen molar-refractivity contribution in [2.75, 3.05) is 5.32 Å². The number of thioether (sulfide) groups is 1. The highest BCUT2D eigenvalue weighted by Gasteiger charge is 2.17. The molecule has 1 aromatic carbocycles. The first-order chi connectivity index (χ1) is 13.9. The van der Waals surface area contributed by atoms with Crippen LogP contribution in [0.5, 0.6) is 0 Å². The zero-order chi connectivity index (χ0) is 20.5. The molecule has 4 aromatic rings. The van der Waals surface area contributed by atoms with Crippen molar-refractivity contribution in [2.24, 2.45) is 0 Å². The van der Waals surface area contributed by atoms with Gasteiger partial charge in [0.1, 0.15) is 26.5 Å². The van der Waals surface area contributed by atoms with Crippen molar-refractivity contribution in [3.8, 4) is 0 Å². The van der Waals surface area contributed by atoms with Crippen molar-refractivity contribution >= 4 is 56.2 Å². The maximum Gasteiger partial charge on any atom is 0.286 e. The number of aryl methyl sites for hydroxylation is 3. The molecule has 0 unspecified atom stereocenters. The molecule has 0 radical (unpaired) electrons. The van der Waals surface area contributed by atoms with E-state index in [1.165, 1.54) is 46.0 Å². The van der Waals surface area contributed by atoms with Gasteiger partial charge in [-0.05, 0) is 50.6 Å². The average molecular weight is 446 g/mol. The molecule has 0 aliphatic rings. The van der Waals surface area contributed by atoms with Crippen molar-refractivity contribution in [3.05, 3.63) is 56.4 Å². The zero-order valence-corrected chi connectivity index (χ0v) is 18.3. The van der Waals surface area contributed by atoms with Gasteiger partial charge in [-0.15, -0.1) is 21.5 Å². The second-order valence-corrected chi connectivity index (χ2v) is 9.52. The van der Waals surface area contributed by atoms with Gasteiger partial charge in [0.25, 0.3) is 5.91 Å². The molecule has 1 N–H and O–H groups in total. The maximum atomic E-state index is 13.0. The first-order valence-electron chi connectivity index (χ1n) is 8.67. The van der Waals surface area contributed by atoms with E-state index >= 15 is 0 Å². The Hall–Kier alpha value is -2.43. The lowest BCUT2D eigenvalue weighted by Gasteiger charge is -2.03. The number of thiophene rings is 1. The van der Waals surface area contributed by atoms with Crippen LogP contribution in [0.4, 0.5) is 10.1 Å². The maximum absolute atomic E-state index is 13.0. The molecule has 3 heterocycles. The van der Waals surface area contributed by atoms with E-state index in [1.54, 1.807) is 23.1 Å². The number of carbonyl (C=O) groups excluding carboxylic acids is 1. The molecule has 0 fully saturated rings. The lowest BCUT2D eigenvalue weighted by atomic mass is 10.2. The Labute approximate surface area is 178 Å². The third kappa shape index (κ3) is 4.29. The van der Waals surface area contributed by atoms with E-state index in [2.05, 4.69) is 39.3 Å². The van der Waals surface area contributed by atoms with Crippen molar-refractivity contribution in [1.29, 1.82) is 0 Å². The van der Waals surface area contributed by atoms with Gasteiger partial charge >= 0.3 is 0 Å². The number of hydrogen-bond acceptors (Lipinski definition) is 8. The van der Waals surface area contributed by atoms with Gasteiger partial charge in [-0.25, -0.2) is 14.4 Å². The fourth-order valence-electron chi connectivity index (χ4n) is 2.67. The Morgan fingerprint density at radius 2 is 1.86 bits per heavy atom. The Balaban J connectivity index is 1.48. The van der Waals surface area contributed by atoms with Crippen molar-refractivity contribution in [3.63, 3.8) is 0 Å². The van der Waals surface area contributed by atoms with E-state index in [0.717, 1.165) is 26.1 Å². The number of anilines is 1. The molecule has 6 nitrogen and oxygen atoms in total. The zero-order valence-electron chi connectivity index (χ0n) is 15.8. The predicted octanol–water partition coefficient (Wildman–Crippen LogP) is 5.15. The second-order valence-electron chi connectivity index (χ2n) is 6.29. The predicted molar refractivity (Wildman–Crippen MR) is 115 cm³/mol. The van der Waals surface area contributed by atoms with Crippen LogP contribution in [-0.2, 0) is 5.75 Å². The summed E-state index contributed by atoms with van der Waals surface area (Å²) in [4.78, 5) is 23.7. The summed E-state index contributed by atoms with van der Waals surface area (Å²) in [6, 6.07) is 5.57. The number of nitrogens with one attached hydrogen (secondary N) is 1. The van der Waals surface area contributed by atoms with Gasteiger partial charge in [-0.1, -0.05) is 23.1 Å². The molecule has 0 spiro atoms. The average Bonchev–Trinajstić information content (AvgIpc) is 3.27. The molecule has 0 saturated carbocycles. The number of hydrogen-bond donors (Lipinski definition) is 1. The molecular formula is C19H16FN5OS3. The van der Waals surface area contributed by atoms with Crippen LogP contribution in [0.25, 0.3) is 10.2 Å². The first kappa shape index (κ1) is 19.9. The molecule has 1 amide bonds. The van der Waals surface area contributed by atoms with Crippen LogP contribution in [0.2, 0.25) is 0 Å². The molecule has 0 aliphatic carbocycles. The Kier molecular flexibility index (Phi) is 5.57. The minimum absolute atomic E-state index is 0.261.